The van der Waals surface area contributed by atoms with E-state index in [2.05, 4.69) is 20.9 Å². The van der Waals surface area contributed by atoms with Crippen LogP contribution in [-0.2, 0) is 6.54 Å². The number of carbonyl (C=O) groups is 1. The summed E-state index contributed by atoms with van der Waals surface area (Å²) in [5.74, 6) is 0. The number of hydrogen-bond donors (Lipinski definition) is 0. The average Bonchev–Trinajstić information content (AvgIpc) is 3.05. The van der Waals surface area contributed by atoms with Gasteiger partial charge in [-0.1, -0.05) is 23.5 Å². The van der Waals surface area contributed by atoms with Crippen LogP contribution in [0.3, 0.4) is 0 Å². The predicted molar refractivity (Wildman–Crippen MR) is 86.1 cm³/mol. The molecule has 112 valence electrons. The van der Waals surface area contributed by atoms with Crippen molar-refractivity contribution in [2.75, 3.05) is 31.1 Å². The number of aldehydes is 1. The number of piperazine rings is 1. The number of nitrogens with zero attached hydrogens (tertiary/aromatic N) is 4. The molecule has 0 amide bonds. The standard InChI is InChI=1S/C16H16N4OS/c17-9-13-1-3-14(4-2-13)11-19-5-7-20(8-6-19)16-18-10-15(12-21)22-16/h1-4,10,12H,5-8,11H2. The fraction of sp³-hybridized carbons (Fsp3) is 0.312. The van der Waals surface area contributed by atoms with Gasteiger partial charge in [0.1, 0.15) is 0 Å². The lowest BCUT2D eigenvalue weighted by molar-refractivity contribution is 0.112. The monoisotopic (exact) mass is 312 g/mol. The number of carbonyl (C=O) groups excluding carboxylic acids is 1. The number of nitriles is 1. The van der Waals surface area contributed by atoms with E-state index in [9.17, 15) is 4.79 Å². The number of rotatable bonds is 4. The van der Waals surface area contributed by atoms with Crippen LogP contribution in [0, 0.1) is 11.3 Å². The molecule has 1 aromatic carbocycles. The van der Waals surface area contributed by atoms with E-state index in [1.807, 2.05) is 24.3 Å². The van der Waals surface area contributed by atoms with Gasteiger partial charge < -0.3 is 4.90 Å². The van der Waals surface area contributed by atoms with Crippen LogP contribution in [0.25, 0.3) is 0 Å². The maximum Gasteiger partial charge on any atom is 0.186 e. The first-order valence-corrected chi connectivity index (χ1v) is 7.97. The molecule has 1 aliphatic rings. The van der Waals surface area contributed by atoms with Crippen LogP contribution in [0.15, 0.2) is 30.5 Å². The van der Waals surface area contributed by atoms with Crippen molar-refractivity contribution in [3.05, 3.63) is 46.5 Å². The Labute approximate surface area is 133 Å². The topological polar surface area (TPSA) is 60.2 Å². The molecular formula is C16H16N4OS. The molecule has 22 heavy (non-hydrogen) atoms. The molecule has 0 spiro atoms. The predicted octanol–water partition coefficient (Wildman–Crippen LogP) is 2.15. The van der Waals surface area contributed by atoms with Gasteiger partial charge in [0.2, 0.25) is 0 Å². The van der Waals surface area contributed by atoms with E-state index in [-0.39, 0.29) is 0 Å². The molecule has 5 nitrogen and oxygen atoms in total. The van der Waals surface area contributed by atoms with Crippen LogP contribution >= 0.6 is 11.3 Å². The van der Waals surface area contributed by atoms with Crippen molar-refractivity contribution in [1.29, 1.82) is 5.26 Å². The first-order valence-electron chi connectivity index (χ1n) is 7.16. The molecule has 0 bridgehead atoms. The Hall–Kier alpha value is -2.23. The molecular weight excluding hydrogens is 296 g/mol. The van der Waals surface area contributed by atoms with E-state index >= 15 is 0 Å². The van der Waals surface area contributed by atoms with Crippen molar-refractivity contribution in [2.24, 2.45) is 0 Å². The Morgan fingerprint density at radius 2 is 1.95 bits per heavy atom. The van der Waals surface area contributed by atoms with Crippen LogP contribution in [0.4, 0.5) is 5.13 Å². The fourth-order valence-corrected chi connectivity index (χ4v) is 3.30. The normalized spacial score (nSPS) is 15.5. The van der Waals surface area contributed by atoms with Crippen LogP contribution in [-0.4, -0.2) is 42.3 Å². The lowest BCUT2D eigenvalue weighted by atomic mass is 10.1. The molecule has 0 atom stereocenters. The lowest BCUT2D eigenvalue weighted by Gasteiger charge is -2.34. The molecule has 0 N–H and O–H groups in total. The highest BCUT2D eigenvalue weighted by Crippen LogP contribution is 2.22. The smallest absolute Gasteiger partial charge is 0.186 e. The third-order valence-electron chi connectivity index (χ3n) is 3.76. The maximum absolute atomic E-state index is 10.7. The van der Waals surface area contributed by atoms with Gasteiger partial charge in [0.15, 0.2) is 11.4 Å². The van der Waals surface area contributed by atoms with Gasteiger partial charge in [0, 0.05) is 32.7 Å². The molecule has 6 heteroatoms. The summed E-state index contributed by atoms with van der Waals surface area (Å²) in [6, 6.07) is 9.90. The van der Waals surface area contributed by atoms with E-state index in [0.29, 0.717) is 10.4 Å². The van der Waals surface area contributed by atoms with E-state index in [4.69, 9.17) is 5.26 Å². The Bertz CT molecular complexity index is 681. The minimum atomic E-state index is 0.676. The molecule has 0 aliphatic carbocycles. The van der Waals surface area contributed by atoms with Gasteiger partial charge in [0.05, 0.1) is 22.7 Å². The molecule has 2 heterocycles. The summed E-state index contributed by atoms with van der Waals surface area (Å²) < 4.78 is 0. The van der Waals surface area contributed by atoms with Gasteiger partial charge in [0.25, 0.3) is 0 Å². The number of thiazole rings is 1. The molecule has 2 aromatic rings. The number of benzene rings is 1. The van der Waals surface area contributed by atoms with Crippen molar-refractivity contribution >= 4 is 22.8 Å². The highest BCUT2D eigenvalue weighted by molar-refractivity contribution is 7.17. The second kappa shape index (κ2) is 6.69. The second-order valence-electron chi connectivity index (χ2n) is 5.23. The minimum absolute atomic E-state index is 0.676. The molecule has 1 saturated heterocycles. The van der Waals surface area contributed by atoms with Gasteiger partial charge in [-0.05, 0) is 17.7 Å². The van der Waals surface area contributed by atoms with E-state index in [0.717, 1.165) is 44.1 Å². The van der Waals surface area contributed by atoms with Crippen LogP contribution < -0.4 is 4.90 Å². The van der Waals surface area contributed by atoms with Crippen molar-refractivity contribution in [2.45, 2.75) is 6.54 Å². The van der Waals surface area contributed by atoms with Crippen molar-refractivity contribution in [1.82, 2.24) is 9.88 Å². The van der Waals surface area contributed by atoms with Gasteiger partial charge in [-0.25, -0.2) is 4.98 Å². The fourth-order valence-electron chi connectivity index (χ4n) is 2.52. The Morgan fingerprint density at radius 1 is 1.23 bits per heavy atom. The van der Waals surface area contributed by atoms with E-state index in [1.165, 1.54) is 16.9 Å². The zero-order valence-electron chi connectivity index (χ0n) is 12.1. The number of anilines is 1. The first-order chi connectivity index (χ1) is 10.8. The minimum Gasteiger partial charge on any atom is -0.346 e. The molecule has 0 unspecified atom stereocenters. The quantitative estimate of drug-likeness (QED) is 0.810. The third-order valence-corrected chi connectivity index (χ3v) is 4.74. The van der Waals surface area contributed by atoms with Gasteiger partial charge in [-0.2, -0.15) is 5.26 Å². The zero-order chi connectivity index (χ0) is 15.4. The summed E-state index contributed by atoms with van der Waals surface area (Å²) >= 11 is 1.45. The van der Waals surface area contributed by atoms with E-state index in [1.54, 1.807) is 6.20 Å². The highest BCUT2D eigenvalue weighted by atomic mass is 32.1. The van der Waals surface area contributed by atoms with Crippen molar-refractivity contribution in [3.8, 4) is 6.07 Å². The van der Waals surface area contributed by atoms with Crippen molar-refractivity contribution < 1.29 is 4.79 Å². The Kier molecular flexibility index (Phi) is 4.47. The summed E-state index contributed by atoms with van der Waals surface area (Å²) in [4.78, 5) is 20.3. The van der Waals surface area contributed by atoms with Crippen LogP contribution in [0.1, 0.15) is 20.8 Å². The van der Waals surface area contributed by atoms with Crippen LogP contribution in [0.2, 0.25) is 0 Å². The molecule has 1 fully saturated rings. The molecule has 1 aromatic heterocycles. The maximum atomic E-state index is 10.7. The highest BCUT2D eigenvalue weighted by Gasteiger charge is 2.19. The van der Waals surface area contributed by atoms with Crippen LogP contribution in [0.5, 0.6) is 0 Å². The van der Waals surface area contributed by atoms with E-state index < -0.39 is 0 Å². The Balaban J connectivity index is 1.55. The zero-order valence-corrected chi connectivity index (χ0v) is 12.9. The Morgan fingerprint density at radius 3 is 2.55 bits per heavy atom. The molecule has 0 radical (unpaired) electrons. The molecule has 1 aliphatic heterocycles. The number of hydrogen-bond acceptors (Lipinski definition) is 6. The third kappa shape index (κ3) is 3.32. The first kappa shape index (κ1) is 14.7. The SMILES string of the molecule is N#Cc1ccc(CN2CCN(c3ncc(C=O)s3)CC2)cc1. The second-order valence-corrected chi connectivity index (χ2v) is 6.28. The van der Waals surface area contributed by atoms with Gasteiger partial charge in [-0.3, -0.25) is 9.69 Å². The number of aromatic nitrogens is 1. The van der Waals surface area contributed by atoms with Crippen molar-refractivity contribution in [3.63, 3.8) is 0 Å². The molecule has 3 rings (SSSR count). The lowest BCUT2D eigenvalue weighted by Crippen LogP contribution is -2.45. The van der Waals surface area contributed by atoms with Gasteiger partial charge in [-0.15, -0.1) is 0 Å². The summed E-state index contributed by atoms with van der Waals surface area (Å²) in [7, 11) is 0. The largest absolute Gasteiger partial charge is 0.346 e. The summed E-state index contributed by atoms with van der Waals surface area (Å²) in [6.07, 6.45) is 2.48. The summed E-state index contributed by atoms with van der Waals surface area (Å²) in [5, 5.41) is 9.74. The average molecular weight is 312 g/mol. The summed E-state index contributed by atoms with van der Waals surface area (Å²) in [6.45, 7) is 4.67. The molecule has 0 saturated carbocycles. The van der Waals surface area contributed by atoms with Gasteiger partial charge >= 0.3 is 0 Å². The summed E-state index contributed by atoms with van der Waals surface area (Å²) in [5.41, 5.74) is 1.92.